The zero-order valence-electron chi connectivity index (χ0n) is 13.5. The topological polar surface area (TPSA) is 58.4 Å². The highest BCUT2D eigenvalue weighted by atomic mass is 35.5. The Bertz CT molecular complexity index is 1130. The molecule has 0 radical (unpaired) electrons. The molecule has 1 aliphatic heterocycles. The second kappa shape index (κ2) is 6.03. The minimum absolute atomic E-state index is 0.212. The summed E-state index contributed by atoms with van der Waals surface area (Å²) >= 11 is 12.5. The van der Waals surface area contributed by atoms with Gasteiger partial charge in [0, 0.05) is 10.4 Å². The maximum Gasteiger partial charge on any atom is 0.354 e. The summed E-state index contributed by atoms with van der Waals surface area (Å²) in [6.07, 6.45) is 5.34. The number of rotatable bonds is 2. The number of β-amino-alcohol motifs (C(OH)–C–C–N with tert-alkyl or cyclic N) is 1. The fourth-order valence-corrected chi connectivity index (χ4v) is 3.50. The fraction of sp³-hybridized carbons (Fsp3) is 0.158. The number of benzene rings is 2. The summed E-state index contributed by atoms with van der Waals surface area (Å²) in [5, 5.41) is 11.7. The molecule has 0 spiro atoms. The van der Waals surface area contributed by atoms with Gasteiger partial charge in [-0.25, -0.2) is 4.79 Å². The average molecular weight is 386 g/mol. The number of anilines is 1. The van der Waals surface area contributed by atoms with E-state index in [-0.39, 0.29) is 13.1 Å². The molecule has 7 heteroatoms. The van der Waals surface area contributed by atoms with Gasteiger partial charge in [-0.3, -0.25) is 4.57 Å². The van der Waals surface area contributed by atoms with Crippen molar-refractivity contribution in [1.82, 2.24) is 9.55 Å². The summed E-state index contributed by atoms with van der Waals surface area (Å²) in [7, 11) is 0. The van der Waals surface area contributed by atoms with E-state index < -0.39 is 11.3 Å². The van der Waals surface area contributed by atoms with Crippen LogP contribution in [0.15, 0.2) is 47.3 Å². The number of fused-ring (bicyclic) bond motifs is 1. The smallest absolute Gasteiger partial charge is 0.354 e. The Balaban J connectivity index is 1.97. The van der Waals surface area contributed by atoms with Crippen LogP contribution < -0.4 is 10.6 Å². The minimum Gasteiger partial charge on any atom is -0.374 e. The van der Waals surface area contributed by atoms with Gasteiger partial charge in [-0.1, -0.05) is 41.3 Å². The SMILES string of the molecule is C#CC1(O)CN(c2nc(=O)n(-c3ccccc3Cl)c3cc(Cl)ccc23)C1. The van der Waals surface area contributed by atoms with Gasteiger partial charge in [0.2, 0.25) is 0 Å². The van der Waals surface area contributed by atoms with Crippen LogP contribution in [0.25, 0.3) is 16.6 Å². The highest BCUT2D eigenvalue weighted by molar-refractivity contribution is 6.32. The highest BCUT2D eigenvalue weighted by Crippen LogP contribution is 2.33. The van der Waals surface area contributed by atoms with Crippen LogP contribution in [0.2, 0.25) is 10.0 Å². The lowest BCUT2D eigenvalue weighted by molar-refractivity contribution is 0.0703. The molecule has 1 fully saturated rings. The summed E-state index contributed by atoms with van der Waals surface area (Å²) in [5.74, 6) is 2.82. The van der Waals surface area contributed by atoms with Crippen molar-refractivity contribution >= 4 is 39.9 Å². The molecule has 2 aromatic carbocycles. The first-order valence-electron chi connectivity index (χ1n) is 7.84. The van der Waals surface area contributed by atoms with Gasteiger partial charge in [-0.2, -0.15) is 4.98 Å². The predicted octanol–water partition coefficient (Wildman–Crippen LogP) is 2.88. The lowest BCUT2D eigenvalue weighted by Crippen LogP contribution is -2.61. The molecule has 0 atom stereocenters. The van der Waals surface area contributed by atoms with Crippen molar-refractivity contribution in [1.29, 1.82) is 0 Å². The minimum atomic E-state index is -1.20. The standard InChI is InChI=1S/C19H13Cl2N3O2/c1-2-19(26)10-23(11-19)17-13-8-7-12(20)9-16(13)24(18(25)22-17)15-6-4-3-5-14(15)21/h1,3-9,26H,10-11H2. The summed E-state index contributed by atoms with van der Waals surface area (Å²) in [6.45, 7) is 0.424. The van der Waals surface area contributed by atoms with Gasteiger partial charge in [0.15, 0.2) is 5.60 Å². The molecule has 0 aliphatic carbocycles. The van der Waals surface area contributed by atoms with E-state index in [1.807, 2.05) is 0 Å². The summed E-state index contributed by atoms with van der Waals surface area (Å²) in [4.78, 5) is 18.8. The van der Waals surface area contributed by atoms with Gasteiger partial charge in [0.05, 0.1) is 29.3 Å². The van der Waals surface area contributed by atoms with Gasteiger partial charge in [-0.05, 0) is 30.3 Å². The van der Waals surface area contributed by atoms with E-state index in [9.17, 15) is 9.90 Å². The van der Waals surface area contributed by atoms with Gasteiger partial charge in [-0.15, -0.1) is 6.42 Å². The van der Waals surface area contributed by atoms with Crippen LogP contribution in [-0.4, -0.2) is 33.3 Å². The Labute approximate surface area is 159 Å². The number of terminal acetylenes is 1. The van der Waals surface area contributed by atoms with Crippen molar-refractivity contribution < 1.29 is 5.11 Å². The third-order valence-electron chi connectivity index (χ3n) is 4.40. The quantitative estimate of drug-likeness (QED) is 0.689. The number of aromatic nitrogens is 2. The molecule has 2 heterocycles. The lowest BCUT2D eigenvalue weighted by Gasteiger charge is -2.44. The molecule has 4 rings (SSSR count). The number of aliphatic hydroxyl groups is 1. The van der Waals surface area contributed by atoms with Gasteiger partial charge in [0.1, 0.15) is 5.82 Å². The average Bonchev–Trinajstić information content (AvgIpc) is 2.59. The lowest BCUT2D eigenvalue weighted by atomic mass is 9.95. The molecule has 0 unspecified atom stereocenters. The normalized spacial score (nSPS) is 15.5. The van der Waals surface area contributed by atoms with Crippen molar-refractivity contribution in [3.05, 3.63) is 63.0 Å². The molecule has 0 amide bonds. The number of hydrogen-bond acceptors (Lipinski definition) is 4. The summed E-state index contributed by atoms with van der Waals surface area (Å²) < 4.78 is 1.43. The Hall–Kier alpha value is -2.52. The molecule has 1 N–H and O–H groups in total. The zero-order valence-corrected chi connectivity index (χ0v) is 15.0. The molecule has 1 aromatic heterocycles. The van der Waals surface area contributed by atoms with Crippen LogP contribution in [0, 0.1) is 12.3 Å². The number of halogens is 2. The van der Waals surface area contributed by atoms with Gasteiger partial charge < -0.3 is 10.0 Å². The van der Waals surface area contributed by atoms with E-state index in [2.05, 4.69) is 10.9 Å². The van der Waals surface area contributed by atoms with E-state index in [1.165, 1.54) is 4.57 Å². The highest BCUT2D eigenvalue weighted by Gasteiger charge is 2.41. The molecule has 0 bridgehead atoms. The van der Waals surface area contributed by atoms with E-state index in [0.717, 1.165) is 0 Å². The number of para-hydroxylation sites is 1. The maximum absolute atomic E-state index is 12.8. The van der Waals surface area contributed by atoms with Crippen molar-refractivity contribution in [3.8, 4) is 18.0 Å². The monoisotopic (exact) mass is 385 g/mol. The first-order valence-corrected chi connectivity index (χ1v) is 8.60. The third kappa shape index (κ3) is 2.63. The fourth-order valence-electron chi connectivity index (χ4n) is 3.12. The molecule has 0 saturated carbocycles. The number of hydrogen-bond donors (Lipinski definition) is 1. The molecule has 130 valence electrons. The van der Waals surface area contributed by atoms with Crippen LogP contribution in [0.3, 0.4) is 0 Å². The van der Waals surface area contributed by atoms with Crippen molar-refractivity contribution in [3.63, 3.8) is 0 Å². The number of nitrogens with zero attached hydrogens (tertiary/aromatic N) is 3. The molecule has 5 nitrogen and oxygen atoms in total. The van der Waals surface area contributed by atoms with Gasteiger partial charge >= 0.3 is 5.69 Å². The second-order valence-corrected chi connectivity index (χ2v) is 7.04. The molecule has 26 heavy (non-hydrogen) atoms. The largest absolute Gasteiger partial charge is 0.374 e. The third-order valence-corrected chi connectivity index (χ3v) is 4.96. The Kier molecular flexibility index (Phi) is 3.92. The molecule has 1 aliphatic rings. The van der Waals surface area contributed by atoms with Gasteiger partial charge in [0.25, 0.3) is 0 Å². The maximum atomic E-state index is 12.8. The molecular weight excluding hydrogens is 373 g/mol. The van der Waals surface area contributed by atoms with E-state index >= 15 is 0 Å². The Morgan fingerprint density at radius 1 is 1.19 bits per heavy atom. The first kappa shape index (κ1) is 16.9. The van der Waals surface area contributed by atoms with Crippen LogP contribution >= 0.6 is 23.2 Å². The first-order chi connectivity index (χ1) is 12.4. The Morgan fingerprint density at radius 3 is 2.62 bits per heavy atom. The van der Waals surface area contributed by atoms with Crippen LogP contribution in [0.5, 0.6) is 0 Å². The van der Waals surface area contributed by atoms with Crippen LogP contribution in [0.4, 0.5) is 5.82 Å². The second-order valence-electron chi connectivity index (χ2n) is 6.20. The van der Waals surface area contributed by atoms with E-state index in [4.69, 9.17) is 29.6 Å². The Morgan fingerprint density at radius 2 is 1.92 bits per heavy atom. The summed E-state index contributed by atoms with van der Waals surface area (Å²) in [6, 6.07) is 12.2. The van der Waals surface area contributed by atoms with Crippen LogP contribution in [0.1, 0.15) is 0 Å². The van der Waals surface area contributed by atoms with E-state index in [0.29, 0.717) is 32.5 Å². The molecule has 1 saturated heterocycles. The predicted molar refractivity (Wildman–Crippen MR) is 103 cm³/mol. The molecule has 3 aromatic rings. The van der Waals surface area contributed by atoms with E-state index in [1.54, 1.807) is 47.4 Å². The van der Waals surface area contributed by atoms with Crippen LogP contribution in [-0.2, 0) is 0 Å². The zero-order chi connectivity index (χ0) is 18.5. The van der Waals surface area contributed by atoms with Crippen molar-refractivity contribution in [2.75, 3.05) is 18.0 Å². The van der Waals surface area contributed by atoms with Crippen molar-refractivity contribution in [2.24, 2.45) is 0 Å². The molecular formula is C19H13Cl2N3O2. The summed E-state index contributed by atoms with van der Waals surface area (Å²) in [5.41, 5.74) is -0.581. The van der Waals surface area contributed by atoms with Crippen molar-refractivity contribution in [2.45, 2.75) is 5.60 Å².